The van der Waals surface area contributed by atoms with Gasteiger partial charge in [-0.2, -0.15) is 15.0 Å². The van der Waals surface area contributed by atoms with E-state index in [9.17, 15) is 14.7 Å². The van der Waals surface area contributed by atoms with E-state index in [0.29, 0.717) is 13.1 Å². The maximum absolute atomic E-state index is 12.0. The molecule has 1 aliphatic rings. The second kappa shape index (κ2) is 7.31. The summed E-state index contributed by atoms with van der Waals surface area (Å²) in [5.41, 5.74) is 1.61. The maximum atomic E-state index is 12.0. The summed E-state index contributed by atoms with van der Waals surface area (Å²) < 4.78 is 0. The number of amides is 2. The van der Waals surface area contributed by atoms with E-state index in [1.54, 1.807) is 6.20 Å². The minimum Gasteiger partial charge on any atom is -0.465 e. The molecule has 0 spiro atoms. The highest BCUT2D eigenvalue weighted by Crippen LogP contribution is 2.19. The molecule has 0 bridgehead atoms. The molecule has 1 saturated heterocycles. The van der Waals surface area contributed by atoms with Crippen molar-refractivity contribution in [2.24, 2.45) is 0 Å². The fraction of sp³-hybridized carbons (Fsp3) is 0.375. The summed E-state index contributed by atoms with van der Waals surface area (Å²) >= 11 is 0. The first kappa shape index (κ1) is 16.9. The monoisotopic (exact) mass is 344 g/mol. The molecule has 2 amide bonds. The molecule has 0 aliphatic carbocycles. The van der Waals surface area contributed by atoms with Crippen LogP contribution in [0.5, 0.6) is 0 Å². The van der Waals surface area contributed by atoms with Gasteiger partial charge in [0.05, 0.1) is 24.5 Å². The number of rotatable bonds is 7. The summed E-state index contributed by atoms with van der Waals surface area (Å²) in [5, 5.41) is 23.7. The van der Waals surface area contributed by atoms with Crippen LogP contribution < -0.4 is 10.6 Å². The van der Waals surface area contributed by atoms with E-state index in [4.69, 9.17) is 0 Å². The van der Waals surface area contributed by atoms with E-state index >= 15 is 0 Å². The largest absolute Gasteiger partial charge is 0.465 e. The lowest BCUT2D eigenvalue weighted by Gasteiger charge is -2.42. The van der Waals surface area contributed by atoms with Crippen molar-refractivity contribution in [1.29, 1.82) is 0 Å². The standard InChI is InChI=1S/C16H20N6O3/c1-17-7-12-8-18-22(20-12)10-13-14(15(23)19-13)21(16(24)25)9-11-5-3-2-4-6-11/h2-6,8,13-14,17H,7,9-10H2,1H3,(H,19,23)(H,24,25)/t13-,14-/m0/s1. The first-order chi connectivity index (χ1) is 12.1. The van der Waals surface area contributed by atoms with Crippen molar-refractivity contribution in [3.63, 3.8) is 0 Å². The van der Waals surface area contributed by atoms with Gasteiger partial charge in [-0.25, -0.2) is 4.79 Å². The maximum Gasteiger partial charge on any atom is 0.408 e. The Morgan fingerprint density at radius 1 is 1.40 bits per heavy atom. The third kappa shape index (κ3) is 3.77. The van der Waals surface area contributed by atoms with Crippen molar-refractivity contribution in [3.05, 3.63) is 47.8 Å². The van der Waals surface area contributed by atoms with Gasteiger partial charge in [0.15, 0.2) is 0 Å². The molecule has 9 nitrogen and oxygen atoms in total. The van der Waals surface area contributed by atoms with E-state index in [0.717, 1.165) is 16.2 Å². The van der Waals surface area contributed by atoms with Gasteiger partial charge < -0.3 is 15.7 Å². The third-order valence-corrected chi connectivity index (χ3v) is 4.06. The summed E-state index contributed by atoms with van der Waals surface area (Å²) in [6.45, 7) is 1.07. The number of aromatic nitrogens is 3. The van der Waals surface area contributed by atoms with Crippen LogP contribution in [0.2, 0.25) is 0 Å². The zero-order valence-electron chi connectivity index (χ0n) is 13.8. The van der Waals surface area contributed by atoms with Crippen molar-refractivity contribution in [1.82, 2.24) is 30.5 Å². The van der Waals surface area contributed by atoms with Gasteiger partial charge in [0.2, 0.25) is 5.91 Å². The number of carbonyl (C=O) groups excluding carboxylic acids is 1. The number of nitrogens with zero attached hydrogens (tertiary/aromatic N) is 4. The topological polar surface area (TPSA) is 112 Å². The first-order valence-electron chi connectivity index (χ1n) is 7.96. The van der Waals surface area contributed by atoms with Crippen molar-refractivity contribution in [2.75, 3.05) is 7.05 Å². The van der Waals surface area contributed by atoms with E-state index in [-0.39, 0.29) is 18.5 Å². The first-order valence-corrected chi connectivity index (χ1v) is 7.96. The molecule has 1 aliphatic heterocycles. The molecule has 9 heteroatoms. The zero-order chi connectivity index (χ0) is 17.8. The lowest BCUT2D eigenvalue weighted by atomic mass is 9.96. The van der Waals surface area contributed by atoms with Crippen molar-refractivity contribution >= 4 is 12.0 Å². The Morgan fingerprint density at radius 3 is 2.80 bits per heavy atom. The van der Waals surface area contributed by atoms with Crippen LogP contribution >= 0.6 is 0 Å². The Morgan fingerprint density at radius 2 is 2.16 bits per heavy atom. The normalized spacial score (nSPS) is 19.2. The zero-order valence-corrected chi connectivity index (χ0v) is 13.8. The molecule has 1 aromatic carbocycles. The number of carbonyl (C=O) groups is 2. The Hall–Kier alpha value is -2.94. The molecule has 0 saturated carbocycles. The van der Waals surface area contributed by atoms with Gasteiger partial charge in [-0.15, -0.1) is 0 Å². The summed E-state index contributed by atoms with van der Waals surface area (Å²) in [5.74, 6) is -0.300. The molecule has 3 N–H and O–H groups in total. The molecule has 132 valence electrons. The summed E-state index contributed by atoms with van der Waals surface area (Å²) in [7, 11) is 1.82. The van der Waals surface area contributed by atoms with Crippen molar-refractivity contribution in [2.45, 2.75) is 31.7 Å². The van der Waals surface area contributed by atoms with Gasteiger partial charge in [-0.1, -0.05) is 30.3 Å². The van der Waals surface area contributed by atoms with E-state index < -0.39 is 12.1 Å². The highest BCUT2D eigenvalue weighted by Gasteiger charge is 2.46. The number of nitrogens with one attached hydrogen (secondary N) is 2. The van der Waals surface area contributed by atoms with E-state index in [1.165, 1.54) is 4.80 Å². The van der Waals surface area contributed by atoms with Gasteiger partial charge >= 0.3 is 6.09 Å². The molecule has 25 heavy (non-hydrogen) atoms. The molecule has 1 fully saturated rings. The number of benzene rings is 1. The quantitative estimate of drug-likeness (QED) is 0.612. The fourth-order valence-electron chi connectivity index (χ4n) is 2.86. The molecule has 0 radical (unpaired) electrons. The average molecular weight is 344 g/mol. The van der Waals surface area contributed by atoms with Crippen LogP contribution in [0.15, 0.2) is 36.5 Å². The van der Waals surface area contributed by atoms with Gasteiger partial charge in [0.25, 0.3) is 0 Å². The van der Waals surface area contributed by atoms with Gasteiger partial charge in [-0.3, -0.25) is 9.69 Å². The lowest BCUT2D eigenvalue weighted by Crippen LogP contribution is -2.70. The van der Waals surface area contributed by atoms with E-state index in [2.05, 4.69) is 20.8 Å². The van der Waals surface area contributed by atoms with Crippen LogP contribution in [0.1, 0.15) is 11.3 Å². The van der Waals surface area contributed by atoms with E-state index in [1.807, 2.05) is 37.4 Å². The third-order valence-electron chi connectivity index (χ3n) is 4.06. The SMILES string of the molecule is CNCc1cnn(C[C@@H]2NC(=O)[C@H]2N(Cc2ccccc2)C(=O)O)n1. The Labute approximate surface area is 144 Å². The minimum absolute atomic E-state index is 0.155. The van der Waals surface area contributed by atoms with Gasteiger partial charge in [0.1, 0.15) is 6.04 Å². The molecule has 2 atom stereocenters. The Balaban J connectivity index is 1.70. The van der Waals surface area contributed by atoms with Gasteiger partial charge in [-0.05, 0) is 12.6 Å². The van der Waals surface area contributed by atoms with Crippen LogP contribution in [0.4, 0.5) is 4.79 Å². The highest BCUT2D eigenvalue weighted by atomic mass is 16.4. The summed E-state index contributed by atoms with van der Waals surface area (Å²) in [6.07, 6.45) is 0.517. The van der Waals surface area contributed by atoms with Crippen molar-refractivity contribution in [3.8, 4) is 0 Å². The lowest BCUT2D eigenvalue weighted by molar-refractivity contribution is -0.137. The van der Waals surface area contributed by atoms with Crippen LogP contribution in [-0.4, -0.2) is 56.1 Å². The highest BCUT2D eigenvalue weighted by molar-refractivity contribution is 5.92. The molecule has 3 rings (SSSR count). The Kier molecular flexibility index (Phi) is 4.94. The van der Waals surface area contributed by atoms with Gasteiger partial charge in [0, 0.05) is 13.1 Å². The van der Waals surface area contributed by atoms with Crippen LogP contribution in [0.3, 0.4) is 0 Å². The second-order valence-electron chi connectivity index (χ2n) is 5.88. The predicted molar refractivity (Wildman–Crippen MR) is 88.5 cm³/mol. The molecular weight excluding hydrogens is 324 g/mol. The number of β-lactam (4-membered cyclic amide) rings is 1. The Bertz CT molecular complexity index is 747. The van der Waals surface area contributed by atoms with Crippen LogP contribution in [0, 0.1) is 0 Å². The number of hydrogen-bond acceptors (Lipinski definition) is 5. The molecular formula is C16H20N6O3. The molecule has 2 heterocycles. The minimum atomic E-state index is -1.13. The number of carboxylic acid groups (broad SMARTS) is 1. The predicted octanol–water partition coefficient (Wildman–Crippen LogP) is 0.0447. The van der Waals surface area contributed by atoms with Crippen LogP contribution in [0.25, 0.3) is 0 Å². The van der Waals surface area contributed by atoms with Crippen molar-refractivity contribution < 1.29 is 14.7 Å². The second-order valence-corrected chi connectivity index (χ2v) is 5.88. The molecule has 2 aromatic rings. The smallest absolute Gasteiger partial charge is 0.408 e. The number of hydrogen-bond donors (Lipinski definition) is 3. The summed E-state index contributed by atoms with van der Waals surface area (Å²) in [6, 6.07) is 8.09. The van der Waals surface area contributed by atoms with Crippen LogP contribution in [-0.2, 0) is 24.4 Å². The fourth-order valence-corrected chi connectivity index (χ4v) is 2.86. The average Bonchev–Trinajstić information content (AvgIpc) is 3.02. The molecule has 1 aromatic heterocycles. The summed E-state index contributed by atoms with van der Waals surface area (Å²) in [4.78, 5) is 26.3. The molecule has 0 unspecified atom stereocenters.